The second kappa shape index (κ2) is 5.36. The zero-order chi connectivity index (χ0) is 14.2. The average Bonchev–Trinajstić information content (AvgIpc) is 2.86. The molecule has 3 rings (SSSR count). The van der Waals surface area contributed by atoms with Crippen molar-refractivity contribution in [3.63, 3.8) is 0 Å². The first-order valence-electron chi connectivity index (χ1n) is 7.52. The number of hydrogen-bond donors (Lipinski definition) is 0. The first kappa shape index (κ1) is 13.9. The van der Waals surface area contributed by atoms with Gasteiger partial charge in [0.2, 0.25) is 0 Å². The van der Waals surface area contributed by atoms with Gasteiger partial charge in [-0.1, -0.05) is 24.4 Å². The quantitative estimate of drug-likeness (QED) is 0.737. The SMILES string of the molecule is Cc1cc(C(=O)N2CCC3(CCCC3)CC2)cc(Cl)n1. The Labute approximate surface area is 125 Å². The van der Waals surface area contributed by atoms with Crippen LogP contribution < -0.4 is 0 Å². The van der Waals surface area contributed by atoms with E-state index in [4.69, 9.17) is 11.6 Å². The maximum absolute atomic E-state index is 12.5. The van der Waals surface area contributed by atoms with Gasteiger partial charge in [-0.3, -0.25) is 4.79 Å². The summed E-state index contributed by atoms with van der Waals surface area (Å²) < 4.78 is 0. The molecule has 0 unspecified atom stereocenters. The summed E-state index contributed by atoms with van der Waals surface area (Å²) in [5.41, 5.74) is 2.01. The minimum atomic E-state index is 0.102. The zero-order valence-electron chi connectivity index (χ0n) is 12.0. The number of likely N-dealkylation sites (tertiary alicyclic amines) is 1. The maximum Gasteiger partial charge on any atom is 0.254 e. The monoisotopic (exact) mass is 292 g/mol. The van der Waals surface area contributed by atoms with Crippen LogP contribution in [0.15, 0.2) is 12.1 Å². The maximum atomic E-state index is 12.5. The van der Waals surface area contributed by atoms with E-state index in [1.54, 1.807) is 6.07 Å². The molecule has 1 amide bonds. The molecule has 3 nitrogen and oxygen atoms in total. The summed E-state index contributed by atoms with van der Waals surface area (Å²) >= 11 is 5.95. The third-order valence-electron chi connectivity index (χ3n) is 4.94. The smallest absolute Gasteiger partial charge is 0.254 e. The molecule has 0 N–H and O–H groups in total. The highest BCUT2D eigenvalue weighted by molar-refractivity contribution is 6.29. The molecule has 108 valence electrons. The zero-order valence-corrected chi connectivity index (χ0v) is 12.7. The van der Waals surface area contributed by atoms with Crippen LogP contribution in [-0.2, 0) is 0 Å². The number of rotatable bonds is 1. The third kappa shape index (κ3) is 2.69. The summed E-state index contributed by atoms with van der Waals surface area (Å²) in [7, 11) is 0. The van der Waals surface area contributed by atoms with E-state index in [2.05, 4.69) is 4.98 Å². The van der Waals surface area contributed by atoms with Crippen molar-refractivity contribution >= 4 is 17.5 Å². The fraction of sp³-hybridized carbons (Fsp3) is 0.625. The van der Waals surface area contributed by atoms with Crippen molar-refractivity contribution < 1.29 is 4.79 Å². The van der Waals surface area contributed by atoms with E-state index in [0.717, 1.165) is 31.6 Å². The van der Waals surface area contributed by atoms with Crippen LogP contribution in [0, 0.1) is 12.3 Å². The van der Waals surface area contributed by atoms with E-state index in [9.17, 15) is 4.79 Å². The molecule has 20 heavy (non-hydrogen) atoms. The first-order chi connectivity index (χ1) is 9.58. The summed E-state index contributed by atoms with van der Waals surface area (Å²) in [4.78, 5) is 18.6. The molecule has 0 radical (unpaired) electrons. The Balaban J connectivity index is 1.69. The Kier molecular flexibility index (Phi) is 3.72. The molecule has 4 heteroatoms. The predicted octanol–water partition coefficient (Wildman–Crippen LogP) is 3.84. The van der Waals surface area contributed by atoms with Crippen LogP contribution >= 0.6 is 11.6 Å². The van der Waals surface area contributed by atoms with Gasteiger partial charge in [-0.2, -0.15) is 0 Å². The van der Waals surface area contributed by atoms with Gasteiger partial charge in [0.15, 0.2) is 0 Å². The average molecular weight is 293 g/mol. The largest absolute Gasteiger partial charge is 0.339 e. The highest BCUT2D eigenvalue weighted by Crippen LogP contribution is 2.46. The highest BCUT2D eigenvalue weighted by Gasteiger charge is 2.38. The van der Waals surface area contributed by atoms with E-state index in [1.165, 1.54) is 25.7 Å². The lowest BCUT2D eigenvalue weighted by molar-refractivity contribution is 0.0587. The second-order valence-corrected chi connectivity index (χ2v) is 6.71. The minimum Gasteiger partial charge on any atom is -0.339 e. The number of hydrogen-bond acceptors (Lipinski definition) is 2. The Morgan fingerprint density at radius 3 is 2.45 bits per heavy atom. The lowest BCUT2D eigenvalue weighted by Crippen LogP contribution is -2.42. The molecule has 2 fully saturated rings. The number of aryl methyl sites for hydroxylation is 1. The number of carbonyl (C=O) groups excluding carboxylic acids is 1. The molecule has 1 aromatic heterocycles. The van der Waals surface area contributed by atoms with E-state index >= 15 is 0 Å². The standard InChI is InChI=1S/C16H21ClN2O/c1-12-10-13(11-14(17)18-12)15(20)19-8-6-16(7-9-19)4-2-3-5-16/h10-11H,2-9H2,1H3. The number of carbonyl (C=O) groups is 1. The summed E-state index contributed by atoms with van der Waals surface area (Å²) in [6.45, 7) is 3.64. The van der Waals surface area contributed by atoms with Gasteiger partial charge in [-0.15, -0.1) is 0 Å². The Morgan fingerprint density at radius 2 is 1.85 bits per heavy atom. The third-order valence-corrected chi connectivity index (χ3v) is 5.14. The van der Waals surface area contributed by atoms with Gasteiger partial charge in [-0.25, -0.2) is 4.98 Å². The second-order valence-electron chi connectivity index (χ2n) is 6.32. The van der Waals surface area contributed by atoms with Crippen molar-refractivity contribution in [1.82, 2.24) is 9.88 Å². The number of pyridine rings is 1. The lowest BCUT2D eigenvalue weighted by Gasteiger charge is -2.39. The van der Waals surface area contributed by atoms with Gasteiger partial charge < -0.3 is 4.90 Å². The first-order valence-corrected chi connectivity index (χ1v) is 7.89. The molecule has 1 saturated carbocycles. The highest BCUT2D eigenvalue weighted by atomic mass is 35.5. The van der Waals surface area contributed by atoms with Crippen molar-refractivity contribution in [2.45, 2.75) is 45.4 Å². The van der Waals surface area contributed by atoms with Gasteiger partial charge in [-0.05, 0) is 50.2 Å². The number of nitrogens with zero attached hydrogens (tertiary/aromatic N) is 2. The van der Waals surface area contributed by atoms with E-state index in [1.807, 2.05) is 17.9 Å². The predicted molar refractivity (Wildman–Crippen MR) is 80.0 cm³/mol. The van der Waals surface area contributed by atoms with Gasteiger partial charge in [0.05, 0.1) is 0 Å². The van der Waals surface area contributed by atoms with Gasteiger partial charge >= 0.3 is 0 Å². The molecular weight excluding hydrogens is 272 g/mol. The van der Waals surface area contributed by atoms with Crippen LogP contribution in [0.3, 0.4) is 0 Å². The van der Waals surface area contributed by atoms with Gasteiger partial charge in [0, 0.05) is 24.3 Å². The molecular formula is C16H21ClN2O. The van der Waals surface area contributed by atoms with Crippen molar-refractivity contribution in [3.05, 3.63) is 28.5 Å². The van der Waals surface area contributed by atoms with Crippen LogP contribution in [0.1, 0.15) is 54.6 Å². The summed E-state index contributed by atoms with van der Waals surface area (Å²) in [5.74, 6) is 0.102. The van der Waals surface area contributed by atoms with E-state index in [0.29, 0.717) is 16.1 Å². The van der Waals surface area contributed by atoms with Crippen LogP contribution in [0.5, 0.6) is 0 Å². The molecule has 1 saturated heterocycles. The fourth-order valence-electron chi connectivity index (χ4n) is 3.74. The summed E-state index contributed by atoms with van der Waals surface area (Å²) in [5, 5.41) is 0.401. The molecule has 0 aromatic carbocycles. The number of piperidine rings is 1. The molecule has 1 aliphatic heterocycles. The molecule has 1 spiro atoms. The van der Waals surface area contributed by atoms with Crippen LogP contribution in [0.2, 0.25) is 5.15 Å². The summed E-state index contributed by atoms with van der Waals surface area (Å²) in [6, 6.07) is 3.50. The number of halogens is 1. The Morgan fingerprint density at radius 1 is 1.20 bits per heavy atom. The summed E-state index contributed by atoms with van der Waals surface area (Å²) in [6.07, 6.45) is 7.78. The van der Waals surface area contributed by atoms with Crippen molar-refractivity contribution in [3.8, 4) is 0 Å². The Bertz CT molecular complexity index is 493. The molecule has 1 aliphatic carbocycles. The number of aromatic nitrogens is 1. The Hall–Kier alpha value is -1.09. The molecule has 0 atom stereocenters. The van der Waals surface area contributed by atoms with Crippen molar-refractivity contribution in [2.75, 3.05) is 13.1 Å². The van der Waals surface area contributed by atoms with Crippen LogP contribution in [0.25, 0.3) is 0 Å². The minimum absolute atomic E-state index is 0.102. The molecule has 0 bridgehead atoms. The van der Waals surface area contributed by atoms with E-state index in [-0.39, 0.29) is 5.91 Å². The lowest BCUT2D eigenvalue weighted by atomic mass is 9.77. The van der Waals surface area contributed by atoms with Crippen LogP contribution in [0.4, 0.5) is 0 Å². The van der Waals surface area contributed by atoms with Crippen molar-refractivity contribution in [1.29, 1.82) is 0 Å². The molecule has 1 aromatic rings. The molecule has 2 heterocycles. The fourth-order valence-corrected chi connectivity index (χ4v) is 3.99. The van der Waals surface area contributed by atoms with Gasteiger partial charge in [0.1, 0.15) is 5.15 Å². The van der Waals surface area contributed by atoms with Crippen molar-refractivity contribution in [2.24, 2.45) is 5.41 Å². The topological polar surface area (TPSA) is 33.2 Å². The number of amides is 1. The van der Waals surface area contributed by atoms with E-state index < -0.39 is 0 Å². The normalized spacial score (nSPS) is 21.4. The van der Waals surface area contributed by atoms with Crippen LogP contribution in [-0.4, -0.2) is 28.9 Å². The van der Waals surface area contributed by atoms with Gasteiger partial charge in [0.25, 0.3) is 5.91 Å². The molecule has 2 aliphatic rings.